The predicted molar refractivity (Wildman–Crippen MR) is 79.2 cm³/mol. The van der Waals surface area contributed by atoms with Crippen LogP contribution in [-0.4, -0.2) is 31.1 Å². The Bertz CT molecular complexity index is 386. The van der Waals surface area contributed by atoms with Crippen LogP contribution in [0.25, 0.3) is 0 Å². The number of hydrogen-bond donors (Lipinski definition) is 1. The fourth-order valence-electron chi connectivity index (χ4n) is 2.75. The van der Waals surface area contributed by atoms with Crippen molar-refractivity contribution in [3.05, 3.63) is 42.5 Å². The minimum Gasteiger partial charge on any atom is -0.384 e. The van der Waals surface area contributed by atoms with Crippen LogP contribution in [0.1, 0.15) is 31.2 Å². The van der Waals surface area contributed by atoms with Gasteiger partial charge in [0.25, 0.3) is 0 Å². The first-order chi connectivity index (χ1) is 8.85. The van der Waals surface area contributed by atoms with Gasteiger partial charge in [0.05, 0.1) is 0 Å². The van der Waals surface area contributed by atoms with Crippen LogP contribution >= 0.6 is 0 Å². The molecule has 0 spiro atoms. The molecule has 1 aromatic rings. The predicted octanol–water partition coefficient (Wildman–Crippen LogP) is 3.48. The molecule has 1 aliphatic rings. The third-order valence-electron chi connectivity index (χ3n) is 3.66. The van der Waals surface area contributed by atoms with Gasteiger partial charge in [-0.05, 0) is 37.6 Å². The maximum atomic E-state index is 3.84. The summed E-state index contributed by atoms with van der Waals surface area (Å²) in [5.41, 5.74) is 2.82. The zero-order valence-electron chi connectivity index (χ0n) is 11.4. The second kappa shape index (κ2) is 6.60. The number of fused-ring (bicyclic) bond motifs is 1. The van der Waals surface area contributed by atoms with Gasteiger partial charge in [-0.2, -0.15) is 0 Å². The van der Waals surface area contributed by atoms with Gasteiger partial charge in [0.1, 0.15) is 0 Å². The Kier molecular flexibility index (Phi) is 4.82. The summed E-state index contributed by atoms with van der Waals surface area (Å²) in [4.78, 5) is 2.49. The maximum absolute atomic E-state index is 3.84. The molecule has 1 aliphatic heterocycles. The molecule has 2 nitrogen and oxygen atoms in total. The molecule has 1 atom stereocenters. The number of nitrogens with one attached hydrogen (secondary N) is 1. The van der Waals surface area contributed by atoms with E-state index in [1.165, 1.54) is 37.2 Å². The molecule has 1 heterocycles. The van der Waals surface area contributed by atoms with E-state index in [9.17, 15) is 0 Å². The maximum Gasteiger partial charge on any atom is 0.0376 e. The quantitative estimate of drug-likeness (QED) is 0.739. The van der Waals surface area contributed by atoms with Crippen LogP contribution in [0, 0.1) is 0 Å². The van der Waals surface area contributed by atoms with E-state index >= 15 is 0 Å². The van der Waals surface area contributed by atoms with E-state index in [2.05, 4.69) is 48.0 Å². The van der Waals surface area contributed by atoms with E-state index in [0.29, 0.717) is 5.92 Å². The van der Waals surface area contributed by atoms with E-state index in [1.807, 2.05) is 6.08 Å². The molecule has 2 heteroatoms. The topological polar surface area (TPSA) is 15.3 Å². The second-order valence-corrected chi connectivity index (χ2v) is 5.04. The zero-order valence-corrected chi connectivity index (χ0v) is 11.4. The molecule has 0 amide bonds. The van der Waals surface area contributed by atoms with Gasteiger partial charge in [-0.3, -0.25) is 4.90 Å². The third kappa shape index (κ3) is 3.14. The molecule has 1 aromatic carbocycles. The Labute approximate surface area is 111 Å². The molecule has 0 radical (unpaired) electrons. The molecule has 2 rings (SSSR count). The van der Waals surface area contributed by atoms with Crippen LogP contribution in [0.2, 0.25) is 0 Å². The average Bonchev–Trinajstić information content (AvgIpc) is 2.80. The van der Waals surface area contributed by atoms with Gasteiger partial charge < -0.3 is 5.32 Å². The van der Waals surface area contributed by atoms with Crippen molar-refractivity contribution < 1.29 is 0 Å². The lowest BCUT2D eigenvalue weighted by Crippen LogP contribution is -2.27. The third-order valence-corrected chi connectivity index (χ3v) is 3.66. The van der Waals surface area contributed by atoms with Gasteiger partial charge in [-0.1, -0.05) is 31.2 Å². The number of hydrogen-bond acceptors (Lipinski definition) is 2. The highest BCUT2D eigenvalue weighted by atomic mass is 15.1. The minimum atomic E-state index is 0.672. The molecule has 18 heavy (non-hydrogen) atoms. The van der Waals surface area contributed by atoms with Gasteiger partial charge in [0.15, 0.2) is 0 Å². The van der Waals surface area contributed by atoms with E-state index in [4.69, 9.17) is 0 Å². The molecule has 0 aromatic heterocycles. The van der Waals surface area contributed by atoms with Crippen LogP contribution in [0.15, 0.2) is 36.9 Å². The van der Waals surface area contributed by atoms with Crippen LogP contribution in [0.3, 0.4) is 0 Å². The van der Waals surface area contributed by atoms with Gasteiger partial charge in [0, 0.05) is 24.7 Å². The average molecular weight is 244 g/mol. The Morgan fingerprint density at radius 2 is 2.22 bits per heavy atom. The number of anilines is 1. The number of para-hydroxylation sites is 1. The van der Waals surface area contributed by atoms with E-state index in [1.54, 1.807) is 0 Å². The highest BCUT2D eigenvalue weighted by Gasteiger charge is 2.21. The largest absolute Gasteiger partial charge is 0.384 e. The Hall–Kier alpha value is -1.28. The van der Waals surface area contributed by atoms with Crippen LogP contribution in [0.5, 0.6) is 0 Å². The molecule has 1 unspecified atom stereocenters. The first-order valence-electron chi connectivity index (χ1n) is 7.01. The summed E-state index contributed by atoms with van der Waals surface area (Å²) >= 11 is 0. The van der Waals surface area contributed by atoms with E-state index < -0.39 is 0 Å². The molecular weight excluding hydrogens is 220 g/mol. The molecule has 1 N–H and O–H groups in total. The van der Waals surface area contributed by atoms with Crippen molar-refractivity contribution in [1.29, 1.82) is 0 Å². The highest BCUT2D eigenvalue weighted by molar-refractivity contribution is 5.57. The van der Waals surface area contributed by atoms with Crippen molar-refractivity contribution in [2.75, 3.05) is 31.5 Å². The number of nitrogens with zero attached hydrogens (tertiary/aromatic N) is 1. The molecule has 0 fully saturated rings. The summed E-state index contributed by atoms with van der Waals surface area (Å²) < 4.78 is 0. The molecule has 0 saturated heterocycles. The molecule has 0 bridgehead atoms. The van der Waals surface area contributed by atoms with Crippen LogP contribution < -0.4 is 5.32 Å². The first kappa shape index (κ1) is 13.2. The van der Waals surface area contributed by atoms with Gasteiger partial charge in [-0.15, -0.1) is 6.58 Å². The van der Waals surface area contributed by atoms with Crippen molar-refractivity contribution in [2.24, 2.45) is 0 Å². The van der Waals surface area contributed by atoms with Crippen molar-refractivity contribution in [2.45, 2.75) is 25.7 Å². The standard InChI is InChI=1S/C16H24N2/c1-3-10-18(11-4-2)12-9-14-13-17-16-8-6-5-7-15(14)16/h3,5-8,14,17H,1,4,9-13H2,2H3. The lowest BCUT2D eigenvalue weighted by atomic mass is 9.98. The van der Waals surface area contributed by atoms with Gasteiger partial charge >= 0.3 is 0 Å². The summed E-state index contributed by atoms with van der Waals surface area (Å²) in [6, 6.07) is 8.70. The Morgan fingerprint density at radius 3 is 3.00 bits per heavy atom. The summed E-state index contributed by atoms with van der Waals surface area (Å²) in [5, 5.41) is 3.50. The summed E-state index contributed by atoms with van der Waals surface area (Å²) in [6.07, 6.45) is 4.46. The Balaban J connectivity index is 1.89. The molecule has 0 saturated carbocycles. The van der Waals surface area contributed by atoms with E-state index in [-0.39, 0.29) is 0 Å². The second-order valence-electron chi connectivity index (χ2n) is 5.04. The van der Waals surface area contributed by atoms with Crippen molar-refractivity contribution >= 4 is 5.69 Å². The summed E-state index contributed by atoms with van der Waals surface area (Å²) in [7, 11) is 0. The number of benzene rings is 1. The monoisotopic (exact) mass is 244 g/mol. The normalized spacial score (nSPS) is 17.6. The van der Waals surface area contributed by atoms with Gasteiger partial charge in [0.2, 0.25) is 0 Å². The molecular formula is C16H24N2. The Morgan fingerprint density at radius 1 is 1.39 bits per heavy atom. The van der Waals surface area contributed by atoms with E-state index in [0.717, 1.165) is 13.1 Å². The van der Waals surface area contributed by atoms with Crippen molar-refractivity contribution in [3.63, 3.8) is 0 Å². The van der Waals surface area contributed by atoms with Crippen molar-refractivity contribution in [3.8, 4) is 0 Å². The minimum absolute atomic E-state index is 0.672. The van der Waals surface area contributed by atoms with Gasteiger partial charge in [-0.25, -0.2) is 0 Å². The fourth-order valence-corrected chi connectivity index (χ4v) is 2.75. The fraction of sp³-hybridized carbons (Fsp3) is 0.500. The van der Waals surface area contributed by atoms with Crippen LogP contribution in [-0.2, 0) is 0 Å². The number of rotatable bonds is 7. The smallest absolute Gasteiger partial charge is 0.0376 e. The summed E-state index contributed by atoms with van der Waals surface area (Å²) in [5.74, 6) is 0.672. The van der Waals surface area contributed by atoms with Crippen LogP contribution in [0.4, 0.5) is 5.69 Å². The summed E-state index contributed by atoms with van der Waals surface area (Å²) in [6.45, 7) is 10.5. The molecule has 98 valence electrons. The highest BCUT2D eigenvalue weighted by Crippen LogP contribution is 2.33. The first-order valence-corrected chi connectivity index (χ1v) is 7.01. The lowest BCUT2D eigenvalue weighted by molar-refractivity contribution is 0.292. The molecule has 0 aliphatic carbocycles. The van der Waals surface area contributed by atoms with Crippen molar-refractivity contribution in [1.82, 2.24) is 4.90 Å². The zero-order chi connectivity index (χ0) is 12.8. The SMILES string of the molecule is C=CCN(CCC)CCC1CNc2ccccc21. The lowest BCUT2D eigenvalue weighted by Gasteiger charge is -2.21.